The smallest absolute Gasteiger partial charge is 0.333 e. The largest absolute Gasteiger partial charge is 0.343 e. The summed E-state index contributed by atoms with van der Waals surface area (Å²) in [6.45, 7) is -4.41. The fraction of sp³-hybridized carbons (Fsp3) is 1.00. The first-order valence-corrected chi connectivity index (χ1v) is 7.93. The van der Waals surface area contributed by atoms with Crippen molar-refractivity contribution in [2.75, 3.05) is 13.2 Å². The van der Waals surface area contributed by atoms with E-state index in [2.05, 4.69) is 4.18 Å². The molecule has 3 heterocycles. The van der Waals surface area contributed by atoms with Crippen molar-refractivity contribution in [1.82, 2.24) is 0 Å². The van der Waals surface area contributed by atoms with Crippen LogP contribution in [0.1, 0.15) is 35.8 Å². The molecule has 10 heteroatoms. The van der Waals surface area contributed by atoms with Crippen LogP contribution in [-0.4, -0.2) is 57.3 Å². The van der Waals surface area contributed by atoms with Crippen LogP contribution in [0.5, 0.6) is 0 Å². The number of hydrogen-bond donors (Lipinski definition) is 1. The first-order valence-electron chi connectivity index (χ1n) is 9.46. The number of nitrogens with two attached hydrogens (primary N) is 1. The highest BCUT2D eigenvalue weighted by Gasteiger charge is 2.65. The van der Waals surface area contributed by atoms with Gasteiger partial charge in [-0.1, -0.05) is 0 Å². The quantitative estimate of drug-likeness (QED) is 0.735. The Bertz CT molecular complexity index is 725. The number of hydrogen-bond acceptors (Lipinski definition) is 8. The van der Waals surface area contributed by atoms with Gasteiger partial charge in [-0.25, -0.2) is 5.14 Å². The minimum atomic E-state index is -4.36. The monoisotopic (exact) mass is 345 g/mol. The van der Waals surface area contributed by atoms with Crippen LogP contribution in [0, 0.1) is 0 Å². The number of ether oxygens (including phenoxy) is 5. The Morgan fingerprint density at radius 2 is 2.00 bits per heavy atom. The van der Waals surface area contributed by atoms with E-state index in [-0.39, 0.29) is 6.61 Å². The zero-order valence-corrected chi connectivity index (χ0v) is 12.7. The molecule has 3 saturated heterocycles. The summed E-state index contributed by atoms with van der Waals surface area (Å²) in [6, 6.07) is 0. The molecule has 3 aliphatic rings. The van der Waals surface area contributed by atoms with Gasteiger partial charge in [-0.05, 0) is 27.6 Å². The predicted octanol–water partition coefficient (Wildman–Crippen LogP) is -0.395. The van der Waals surface area contributed by atoms with E-state index in [9.17, 15) is 8.42 Å². The maximum Gasteiger partial charge on any atom is 0.333 e. The van der Waals surface area contributed by atoms with E-state index in [0.717, 1.165) is 0 Å². The van der Waals surface area contributed by atoms with Crippen LogP contribution in [0.25, 0.3) is 0 Å². The van der Waals surface area contributed by atoms with E-state index in [4.69, 9.17) is 37.0 Å². The Balaban J connectivity index is 1.97. The number of rotatable bonds is 3. The van der Waals surface area contributed by atoms with E-state index in [0.29, 0.717) is 0 Å². The highest BCUT2D eigenvalue weighted by Crippen LogP contribution is 2.47. The second-order valence-electron chi connectivity index (χ2n) is 5.77. The van der Waals surface area contributed by atoms with Gasteiger partial charge in [-0.3, -0.25) is 4.18 Å². The molecule has 0 aromatic carbocycles. The van der Waals surface area contributed by atoms with Crippen molar-refractivity contribution in [3.63, 3.8) is 0 Å². The fourth-order valence-corrected chi connectivity index (χ4v) is 3.15. The van der Waals surface area contributed by atoms with E-state index in [1.165, 1.54) is 13.8 Å². The second kappa shape index (κ2) is 4.84. The Labute approximate surface area is 137 Å². The molecule has 0 radical (unpaired) electrons. The summed E-state index contributed by atoms with van der Waals surface area (Å²) in [7, 11) is -4.36. The van der Waals surface area contributed by atoms with Gasteiger partial charge >= 0.3 is 10.3 Å². The van der Waals surface area contributed by atoms with E-state index >= 15 is 0 Å². The van der Waals surface area contributed by atoms with Crippen LogP contribution in [-0.2, 0) is 38.2 Å². The summed E-state index contributed by atoms with van der Waals surface area (Å²) in [4.78, 5) is 0. The Morgan fingerprint density at radius 1 is 1.27 bits per heavy atom. The average Bonchev–Trinajstić information content (AvgIpc) is 2.98. The normalized spacial score (nSPS) is 48.0. The summed E-state index contributed by atoms with van der Waals surface area (Å²) in [6.07, 6.45) is -3.62. The molecule has 0 aromatic rings. The van der Waals surface area contributed by atoms with Crippen LogP contribution >= 0.6 is 0 Å². The van der Waals surface area contributed by atoms with Crippen LogP contribution < -0.4 is 5.14 Å². The number of fused-ring (bicyclic) bond motifs is 3. The van der Waals surface area contributed by atoms with Gasteiger partial charge in [0.05, 0.1) is 6.61 Å². The summed E-state index contributed by atoms with van der Waals surface area (Å²) >= 11 is 0. The van der Waals surface area contributed by atoms with Crippen molar-refractivity contribution in [3.05, 3.63) is 0 Å². The summed E-state index contributed by atoms with van der Waals surface area (Å²) in [5, 5.41) is 4.86. The summed E-state index contributed by atoms with van der Waals surface area (Å²) < 4.78 is 101. The lowest BCUT2D eigenvalue weighted by molar-refractivity contribution is -0.290. The third-order valence-electron chi connectivity index (χ3n) is 3.46. The van der Waals surface area contributed by atoms with E-state index < -0.39 is 66.3 Å². The highest BCUT2D eigenvalue weighted by molar-refractivity contribution is 7.84. The molecule has 3 fully saturated rings. The molecule has 3 aliphatic heterocycles. The molecule has 4 atom stereocenters. The van der Waals surface area contributed by atoms with Crippen molar-refractivity contribution >= 4 is 10.3 Å². The van der Waals surface area contributed by atoms with Gasteiger partial charge in [0.2, 0.25) is 5.79 Å². The molecule has 0 saturated carbocycles. The molecule has 3 rings (SSSR count). The molecule has 9 nitrogen and oxygen atoms in total. The Hall–Kier alpha value is -0.330. The van der Waals surface area contributed by atoms with Crippen LogP contribution in [0.3, 0.4) is 0 Å². The topological polar surface area (TPSA) is 116 Å². The molecular weight excluding hydrogens is 318 g/mol. The molecule has 0 unspecified atom stereocenters. The third-order valence-corrected chi connectivity index (χ3v) is 3.91. The van der Waals surface area contributed by atoms with Crippen molar-refractivity contribution in [1.29, 1.82) is 0 Å². The van der Waals surface area contributed by atoms with Gasteiger partial charge in [0.25, 0.3) is 0 Å². The summed E-state index contributed by atoms with van der Waals surface area (Å²) in [5.74, 6) is -6.05. The maximum absolute atomic E-state index is 11.2. The second-order valence-corrected chi connectivity index (χ2v) is 6.99. The van der Waals surface area contributed by atoms with Crippen LogP contribution in [0.4, 0.5) is 0 Å². The standard InChI is InChI=1S/C12H21NO8S/c1-10(2)18-7-5-16-12(6-17-22(13,14)15)9(8(7)19-10)20-11(3,4)21-12/h7-9H,5-6H2,1-4H3,(H2,13,14,15)/t7-,8-,9+,12+/m1/s1/i1D3,2D3. The van der Waals surface area contributed by atoms with Crippen molar-refractivity contribution in [2.45, 2.75) is 63.2 Å². The first kappa shape index (κ1) is 10.5. The van der Waals surface area contributed by atoms with Gasteiger partial charge in [-0.15, -0.1) is 0 Å². The third kappa shape index (κ3) is 3.02. The molecular formula is C12H21NO8S. The molecule has 0 aromatic heterocycles. The fourth-order valence-electron chi connectivity index (χ4n) is 2.82. The molecule has 22 heavy (non-hydrogen) atoms. The molecule has 0 aliphatic carbocycles. The molecule has 128 valence electrons. The van der Waals surface area contributed by atoms with Crippen molar-refractivity contribution < 1.29 is 44.5 Å². The molecule has 2 N–H and O–H groups in total. The van der Waals surface area contributed by atoms with E-state index in [1.54, 1.807) is 0 Å². The Morgan fingerprint density at radius 3 is 2.64 bits per heavy atom. The highest BCUT2D eigenvalue weighted by atomic mass is 32.2. The minimum absolute atomic E-state index is 0.359. The van der Waals surface area contributed by atoms with Crippen molar-refractivity contribution in [2.24, 2.45) is 5.14 Å². The van der Waals surface area contributed by atoms with Crippen LogP contribution in [0.15, 0.2) is 0 Å². The Kier molecular flexibility index (Phi) is 2.31. The lowest BCUT2D eigenvalue weighted by atomic mass is 9.98. The molecule has 0 amide bonds. The van der Waals surface area contributed by atoms with Gasteiger partial charge in [-0.2, -0.15) is 8.42 Å². The van der Waals surface area contributed by atoms with E-state index in [1.807, 2.05) is 0 Å². The van der Waals surface area contributed by atoms with Crippen LogP contribution in [0.2, 0.25) is 0 Å². The zero-order chi connectivity index (χ0) is 21.4. The first-order chi connectivity index (χ1) is 12.4. The molecule has 0 spiro atoms. The predicted molar refractivity (Wildman–Crippen MR) is 71.6 cm³/mol. The SMILES string of the molecule is [2H]C([2H])([2H])C1(C([2H])([2H])[2H])O[C@@H]2[C@@H](CO[C@@]3(COS(N)(=O)=O)OC(C)(C)O[C@@H]23)O1. The molecule has 0 bridgehead atoms. The minimum Gasteiger partial charge on any atom is -0.343 e. The lowest BCUT2D eigenvalue weighted by Gasteiger charge is -2.40. The van der Waals surface area contributed by atoms with Gasteiger partial charge in [0, 0.05) is 8.22 Å². The summed E-state index contributed by atoms with van der Waals surface area (Å²) in [5.41, 5.74) is 0. The zero-order valence-electron chi connectivity index (χ0n) is 17.9. The van der Waals surface area contributed by atoms with Gasteiger partial charge in [0.1, 0.15) is 24.9 Å². The maximum atomic E-state index is 11.2. The van der Waals surface area contributed by atoms with Gasteiger partial charge < -0.3 is 23.7 Å². The lowest BCUT2D eigenvalue weighted by Crippen LogP contribution is -2.60. The van der Waals surface area contributed by atoms with Gasteiger partial charge in [0.15, 0.2) is 11.6 Å². The van der Waals surface area contributed by atoms with Crippen molar-refractivity contribution in [3.8, 4) is 0 Å². The average molecular weight is 345 g/mol.